The number of nitrogens with two attached hydrogens (primary N) is 1. The first kappa shape index (κ1) is 17.4. The Morgan fingerprint density at radius 3 is 2.85 bits per heavy atom. The fourth-order valence-electron chi connectivity index (χ4n) is 3.02. The molecule has 0 spiro atoms. The summed E-state index contributed by atoms with van der Waals surface area (Å²) >= 11 is 0. The van der Waals surface area contributed by atoms with Gasteiger partial charge in [-0.25, -0.2) is 0 Å². The van der Waals surface area contributed by atoms with Crippen molar-refractivity contribution in [1.82, 2.24) is 9.80 Å². The lowest BCUT2D eigenvalue weighted by Crippen LogP contribution is -2.46. The van der Waals surface area contributed by atoms with Crippen LogP contribution in [0.15, 0.2) is 0 Å². The second kappa shape index (κ2) is 7.96. The minimum absolute atomic E-state index is 0.326. The van der Waals surface area contributed by atoms with E-state index in [0.29, 0.717) is 12.5 Å². The molecule has 5 heteroatoms. The molecule has 1 aliphatic heterocycles. The second-order valence-corrected chi connectivity index (χ2v) is 6.20. The molecule has 0 aromatic carbocycles. The first-order chi connectivity index (χ1) is 9.40. The van der Waals surface area contributed by atoms with Crippen LogP contribution in [0.3, 0.4) is 0 Å². The number of hydrogen-bond donors (Lipinski definition) is 1. The average molecular weight is 285 g/mol. The Labute approximate surface area is 123 Å². The van der Waals surface area contributed by atoms with Gasteiger partial charge in [-0.2, -0.15) is 0 Å². The fourth-order valence-corrected chi connectivity index (χ4v) is 3.02. The summed E-state index contributed by atoms with van der Waals surface area (Å²) in [7, 11) is 3.54. The summed E-state index contributed by atoms with van der Waals surface area (Å²) < 4.78 is 4.72. The number of likely N-dealkylation sites (tertiary alicyclic amines) is 1. The van der Waals surface area contributed by atoms with Crippen LogP contribution in [0.25, 0.3) is 0 Å². The van der Waals surface area contributed by atoms with Crippen molar-refractivity contribution in [1.29, 1.82) is 0 Å². The molecule has 20 heavy (non-hydrogen) atoms. The van der Waals surface area contributed by atoms with Crippen molar-refractivity contribution in [3.8, 4) is 0 Å². The Kier molecular flexibility index (Phi) is 6.92. The van der Waals surface area contributed by atoms with Gasteiger partial charge in [0.15, 0.2) is 0 Å². The molecule has 1 heterocycles. The van der Waals surface area contributed by atoms with Crippen molar-refractivity contribution < 1.29 is 9.53 Å². The van der Waals surface area contributed by atoms with Crippen molar-refractivity contribution in [2.75, 3.05) is 40.3 Å². The molecule has 2 unspecified atom stereocenters. The van der Waals surface area contributed by atoms with Gasteiger partial charge in [0.25, 0.3) is 0 Å². The lowest BCUT2D eigenvalue weighted by atomic mass is 9.97. The van der Waals surface area contributed by atoms with E-state index < -0.39 is 5.54 Å². The lowest BCUT2D eigenvalue weighted by molar-refractivity contribution is -0.146. The van der Waals surface area contributed by atoms with Crippen LogP contribution in [0.4, 0.5) is 0 Å². The van der Waals surface area contributed by atoms with Gasteiger partial charge in [-0.1, -0.05) is 6.92 Å². The maximum Gasteiger partial charge on any atom is 0.325 e. The zero-order valence-electron chi connectivity index (χ0n) is 13.5. The second-order valence-electron chi connectivity index (χ2n) is 6.20. The number of carbonyl (C=O) groups excluding carboxylic acids is 1. The van der Waals surface area contributed by atoms with Crippen LogP contribution in [0.1, 0.15) is 39.5 Å². The summed E-state index contributed by atoms with van der Waals surface area (Å²) in [6.45, 7) is 8.42. The molecular weight excluding hydrogens is 254 g/mol. The summed E-state index contributed by atoms with van der Waals surface area (Å²) in [6, 6.07) is 0.690. The van der Waals surface area contributed by atoms with E-state index in [1.165, 1.54) is 26.5 Å². The van der Waals surface area contributed by atoms with E-state index in [2.05, 4.69) is 23.8 Å². The summed E-state index contributed by atoms with van der Waals surface area (Å²) in [5.41, 5.74) is 5.10. The maximum absolute atomic E-state index is 11.5. The SMILES string of the molecule is CCN1CCCC1CN(C)CCCC(C)(N)C(=O)OC. The van der Waals surface area contributed by atoms with E-state index >= 15 is 0 Å². The standard InChI is InChI=1S/C15H31N3O2/c1-5-18-11-6-8-13(18)12-17(3)10-7-9-15(2,16)14(19)20-4/h13H,5-12,16H2,1-4H3. The Morgan fingerprint density at radius 2 is 2.25 bits per heavy atom. The minimum Gasteiger partial charge on any atom is -0.468 e. The molecule has 0 bridgehead atoms. The van der Waals surface area contributed by atoms with E-state index in [1.807, 2.05) is 0 Å². The molecule has 5 nitrogen and oxygen atoms in total. The first-order valence-corrected chi connectivity index (χ1v) is 7.70. The molecular formula is C15H31N3O2. The zero-order valence-corrected chi connectivity index (χ0v) is 13.5. The Morgan fingerprint density at radius 1 is 1.55 bits per heavy atom. The molecule has 1 aliphatic rings. The normalized spacial score (nSPS) is 23.0. The average Bonchev–Trinajstić information content (AvgIpc) is 2.84. The molecule has 1 saturated heterocycles. The molecule has 118 valence electrons. The predicted molar refractivity (Wildman–Crippen MR) is 81.6 cm³/mol. The number of rotatable bonds is 8. The Balaban J connectivity index is 2.26. The van der Waals surface area contributed by atoms with Gasteiger partial charge < -0.3 is 15.4 Å². The number of ether oxygens (including phenoxy) is 1. The van der Waals surface area contributed by atoms with Gasteiger partial charge in [-0.3, -0.25) is 9.69 Å². The van der Waals surface area contributed by atoms with Gasteiger partial charge in [-0.15, -0.1) is 0 Å². The third kappa shape index (κ3) is 5.04. The van der Waals surface area contributed by atoms with Crippen LogP contribution in [0.5, 0.6) is 0 Å². The Bertz CT molecular complexity index is 307. The highest BCUT2D eigenvalue weighted by Gasteiger charge is 2.29. The van der Waals surface area contributed by atoms with Crippen molar-refractivity contribution in [2.45, 2.75) is 51.1 Å². The quantitative estimate of drug-likeness (QED) is 0.676. The highest BCUT2D eigenvalue weighted by molar-refractivity contribution is 5.79. The smallest absolute Gasteiger partial charge is 0.325 e. The highest BCUT2D eigenvalue weighted by atomic mass is 16.5. The van der Waals surface area contributed by atoms with Crippen molar-refractivity contribution in [3.63, 3.8) is 0 Å². The molecule has 0 aromatic heterocycles. The zero-order chi connectivity index (χ0) is 15.2. The topological polar surface area (TPSA) is 58.8 Å². The number of carbonyl (C=O) groups is 1. The van der Waals surface area contributed by atoms with Crippen molar-refractivity contribution in [2.24, 2.45) is 5.73 Å². The lowest BCUT2D eigenvalue weighted by Gasteiger charge is -2.28. The highest BCUT2D eigenvalue weighted by Crippen LogP contribution is 2.18. The van der Waals surface area contributed by atoms with Gasteiger partial charge in [0.1, 0.15) is 5.54 Å². The molecule has 0 aromatic rings. The summed E-state index contributed by atoms with van der Waals surface area (Å²) in [5, 5.41) is 0. The number of likely N-dealkylation sites (N-methyl/N-ethyl adjacent to an activating group) is 2. The van der Waals surface area contributed by atoms with Crippen LogP contribution in [-0.4, -0.2) is 67.7 Å². The summed E-state index contributed by atoms with van der Waals surface area (Å²) in [6.07, 6.45) is 4.19. The predicted octanol–water partition coefficient (Wildman–Crippen LogP) is 1.07. The molecule has 1 fully saturated rings. The number of esters is 1. The first-order valence-electron chi connectivity index (χ1n) is 7.70. The molecule has 2 N–H and O–H groups in total. The van der Waals surface area contributed by atoms with Gasteiger partial charge in [0, 0.05) is 12.6 Å². The summed E-state index contributed by atoms with van der Waals surface area (Å²) in [5.74, 6) is -0.326. The van der Waals surface area contributed by atoms with E-state index in [0.717, 1.165) is 26.1 Å². The molecule has 1 rings (SSSR count). The van der Waals surface area contributed by atoms with Gasteiger partial charge >= 0.3 is 5.97 Å². The van der Waals surface area contributed by atoms with Crippen LogP contribution >= 0.6 is 0 Å². The van der Waals surface area contributed by atoms with E-state index in [4.69, 9.17) is 10.5 Å². The van der Waals surface area contributed by atoms with Crippen LogP contribution < -0.4 is 5.73 Å². The molecule has 0 radical (unpaired) electrons. The van der Waals surface area contributed by atoms with Gasteiger partial charge in [0.2, 0.25) is 0 Å². The summed E-state index contributed by atoms with van der Waals surface area (Å²) in [4.78, 5) is 16.4. The van der Waals surface area contributed by atoms with E-state index in [9.17, 15) is 4.79 Å². The minimum atomic E-state index is -0.863. The number of methoxy groups -OCH3 is 1. The van der Waals surface area contributed by atoms with Crippen LogP contribution in [-0.2, 0) is 9.53 Å². The maximum atomic E-state index is 11.5. The molecule has 0 amide bonds. The third-order valence-electron chi connectivity index (χ3n) is 4.32. The van der Waals surface area contributed by atoms with Gasteiger partial charge in [-0.05, 0) is 59.3 Å². The van der Waals surface area contributed by atoms with Crippen molar-refractivity contribution >= 4 is 5.97 Å². The Hall–Kier alpha value is -0.650. The number of nitrogens with zero attached hydrogens (tertiary/aromatic N) is 2. The van der Waals surface area contributed by atoms with Crippen molar-refractivity contribution in [3.05, 3.63) is 0 Å². The fraction of sp³-hybridized carbons (Fsp3) is 0.933. The largest absolute Gasteiger partial charge is 0.468 e. The molecule has 0 saturated carbocycles. The van der Waals surface area contributed by atoms with Crippen LogP contribution in [0.2, 0.25) is 0 Å². The molecule has 0 aliphatic carbocycles. The number of hydrogen-bond acceptors (Lipinski definition) is 5. The molecule has 2 atom stereocenters. The van der Waals surface area contributed by atoms with E-state index in [-0.39, 0.29) is 5.97 Å². The monoisotopic (exact) mass is 285 g/mol. The van der Waals surface area contributed by atoms with Crippen LogP contribution in [0, 0.1) is 0 Å². The third-order valence-corrected chi connectivity index (χ3v) is 4.32. The van der Waals surface area contributed by atoms with Gasteiger partial charge in [0.05, 0.1) is 7.11 Å². The van der Waals surface area contributed by atoms with E-state index in [1.54, 1.807) is 6.92 Å².